The second-order valence-corrected chi connectivity index (χ2v) is 12.5. The topological polar surface area (TPSA) is 114 Å². The van der Waals surface area contributed by atoms with Crippen LogP contribution in [0.5, 0.6) is 0 Å². The number of amides is 2. The van der Waals surface area contributed by atoms with Gasteiger partial charge >= 0.3 is 0 Å². The van der Waals surface area contributed by atoms with Crippen LogP contribution < -0.4 is 20.9 Å². The largest absolute Gasteiger partial charge is 0.461 e. The van der Waals surface area contributed by atoms with Crippen LogP contribution in [0.2, 0.25) is 0 Å². The molecule has 0 fully saturated rings. The first-order valence-electron chi connectivity index (χ1n) is 15.5. The van der Waals surface area contributed by atoms with Gasteiger partial charge in [-0.2, -0.15) is 0 Å². The molecule has 0 bridgehead atoms. The molecule has 5 aromatic rings. The lowest BCUT2D eigenvalue weighted by Gasteiger charge is -2.27. The van der Waals surface area contributed by atoms with E-state index in [9.17, 15) is 19.2 Å². The minimum atomic E-state index is -1.19. The summed E-state index contributed by atoms with van der Waals surface area (Å²) in [7, 11) is 1.71. The van der Waals surface area contributed by atoms with Crippen LogP contribution >= 0.6 is 0 Å². The number of pyridine rings is 2. The molecule has 240 valence electrons. The van der Waals surface area contributed by atoms with Crippen molar-refractivity contribution in [2.45, 2.75) is 54.3 Å². The lowest BCUT2D eigenvalue weighted by molar-refractivity contribution is -0.137. The first-order chi connectivity index (χ1) is 21.9. The highest BCUT2D eigenvalue weighted by molar-refractivity contribution is 6.19. The van der Waals surface area contributed by atoms with Crippen molar-refractivity contribution in [1.82, 2.24) is 14.0 Å². The summed E-state index contributed by atoms with van der Waals surface area (Å²) in [4.78, 5) is 58.6. The number of anilines is 2. The maximum atomic E-state index is 13.4. The van der Waals surface area contributed by atoms with Crippen molar-refractivity contribution in [3.63, 3.8) is 0 Å². The zero-order chi connectivity index (χ0) is 32.9. The van der Waals surface area contributed by atoms with Crippen molar-refractivity contribution in [2.75, 3.05) is 36.5 Å². The molecule has 1 aromatic carbocycles. The van der Waals surface area contributed by atoms with Gasteiger partial charge < -0.3 is 27.8 Å². The number of furan rings is 2. The molecule has 11 nitrogen and oxygen atoms in total. The number of hydrogen-bond donors (Lipinski definition) is 0. The van der Waals surface area contributed by atoms with Crippen molar-refractivity contribution < 1.29 is 18.4 Å². The van der Waals surface area contributed by atoms with Crippen LogP contribution in [0, 0.1) is 19.3 Å². The Morgan fingerprint density at radius 1 is 0.739 bits per heavy atom. The molecule has 0 unspecified atom stereocenters. The summed E-state index contributed by atoms with van der Waals surface area (Å²) in [6.07, 6.45) is 3.49. The van der Waals surface area contributed by atoms with Gasteiger partial charge in [-0.05, 0) is 76.6 Å². The second-order valence-electron chi connectivity index (χ2n) is 12.5. The fraction of sp³-hybridized carbons (Fsp3) is 0.371. The van der Waals surface area contributed by atoms with Gasteiger partial charge in [0.2, 0.25) is 11.8 Å². The summed E-state index contributed by atoms with van der Waals surface area (Å²) in [6.45, 7) is 11.7. The number of rotatable bonds is 9. The Morgan fingerprint density at radius 3 is 1.80 bits per heavy atom. The average molecular weight is 626 g/mol. The van der Waals surface area contributed by atoms with E-state index < -0.39 is 5.41 Å². The Morgan fingerprint density at radius 2 is 1.28 bits per heavy atom. The highest BCUT2D eigenvalue weighted by atomic mass is 16.3. The van der Waals surface area contributed by atoms with Gasteiger partial charge in [0, 0.05) is 58.7 Å². The molecule has 4 aromatic heterocycles. The fourth-order valence-corrected chi connectivity index (χ4v) is 6.33. The molecule has 6 rings (SSSR count). The first-order valence-corrected chi connectivity index (χ1v) is 15.5. The van der Waals surface area contributed by atoms with Crippen molar-refractivity contribution >= 4 is 45.1 Å². The number of fused-ring (bicyclic) bond motifs is 3. The molecule has 11 heteroatoms. The fourth-order valence-electron chi connectivity index (χ4n) is 6.33. The Hall–Kier alpha value is -4.90. The van der Waals surface area contributed by atoms with Gasteiger partial charge in [-0.25, -0.2) is 0 Å². The van der Waals surface area contributed by atoms with Gasteiger partial charge in [-0.3, -0.25) is 24.1 Å². The molecule has 5 heterocycles. The molecule has 0 saturated carbocycles. The van der Waals surface area contributed by atoms with E-state index in [-0.39, 0.29) is 22.9 Å². The number of nitrogens with zero attached hydrogens (tertiary/aromatic N) is 5. The monoisotopic (exact) mass is 625 g/mol. The lowest BCUT2D eigenvalue weighted by atomic mass is 9.90. The molecule has 0 saturated heterocycles. The summed E-state index contributed by atoms with van der Waals surface area (Å²) >= 11 is 0. The molecule has 0 aliphatic carbocycles. The zero-order valence-electron chi connectivity index (χ0n) is 27.1. The van der Waals surface area contributed by atoms with Crippen molar-refractivity contribution in [1.29, 1.82) is 0 Å². The van der Waals surface area contributed by atoms with Gasteiger partial charge in [0.05, 0.1) is 22.1 Å². The van der Waals surface area contributed by atoms with Crippen LogP contribution in [0.4, 0.5) is 11.4 Å². The smallest absolute Gasteiger partial charge is 0.261 e. The van der Waals surface area contributed by atoms with E-state index in [1.165, 1.54) is 0 Å². The molecule has 0 radical (unpaired) electrons. The van der Waals surface area contributed by atoms with Gasteiger partial charge in [-0.1, -0.05) is 6.07 Å². The van der Waals surface area contributed by atoms with E-state index in [0.717, 1.165) is 5.56 Å². The average Bonchev–Trinajstić information content (AvgIpc) is 3.60. The number of hydrogen-bond acceptors (Lipinski definition) is 7. The van der Waals surface area contributed by atoms with Gasteiger partial charge in [0.1, 0.15) is 28.1 Å². The molecule has 0 N–H and O–H groups in total. The summed E-state index contributed by atoms with van der Waals surface area (Å²) in [6, 6.07) is 12.9. The van der Waals surface area contributed by atoms with Gasteiger partial charge in [0.25, 0.3) is 11.1 Å². The third kappa shape index (κ3) is 5.44. The molecule has 46 heavy (non-hydrogen) atoms. The molecular formula is C35H39N5O6. The first kappa shape index (κ1) is 31.1. The van der Waals surface area contributed by atoms with Crippen LogP contribution in [0.15, 0.2) is 73.3 Å². The third-order valence-electron chi connectivity index (χ3n) is 8.91. The predicted octanol–water partition coefficient (Wildman–Crippen LogP) is 4.68. The van der Waals surface area contributed by atoms with Crippen molar-refractivity contribution in [3.05, 3.63) is 92.6 Å². The minimum Gasteiger partial charge on any atom is -0.461 e. The van der Waals surface area contributed by atoms with Crippen molar-refractivity contribution in [3.8, 4) is 0 Å². The maximum Gasteiger partial charge on any atom is 0.261 e. The normalized spacial score (nSPS) is 14.9. The zero-order valence-corrected chi connectivity index (χ0v) is 27.1. The molecule has 1 aliphatic rings. The summed E-state index contributed by atoms with van der Waals surface area (Å²) in [5.74, 6) is 0.864. The predicted molar refractivity (Wildman–Crippen MR) is 177 cm³/mol. The quantitative estimate of drug-likeness (QED) is 0.219. The number of carbonyl (C=O) groups is 2. The number of aromatic nitrogens is 2. The van der Waals surface area contributed by atoms with E-state index in [1.807, 2.05) is 39.0 Å². The maximum absolute atomic E-state index is 13.4. The van der Waals surface area contributed by atoms with E-state index in [1.54, 1.807) is 76.5 Å². The standard InChI is InChI=1S/C35H39N5O6/c1-7-40-27-9-8-24(20-28(27)36(6)33(43)35(4,5)34(40)44)21-37(14-16-38-12-10-29-25(31(38)41)18-22(2)45-29)15-17-39-13-11-30-26(32(39)42)19-23(3)46-30/h8-13,18-20H,7,14-17,21H2,1-6H3. The Balaban J connectivity index is 1.31. The van der Waals surface area contributed by atoms with Crippen LogP contribution in [-0.4, -0.2) is 52.5 Å². The van der Waals surface area contributed by atoms with E-state index in [4.69, 9.17) is 8.83 Å². The molecular weight excluding hydrogens is 586 g/mol. The van der Waals surface area contributed by atoms with Gasteiger partial charge in [-0.15, -0.1) is 0 Å². The Bertz CT molecular complexity index is 2000. The highest BCUT2D eigenvalue weighted by Crippen LogP contribution is 2.39. The van der Waals surface area contributed by atoms with Crippen LogP contribution in [0.1, 0.15) is 37.9 Å². The SMILES string of the molecule is CCN1C(=O)C(C)(C)C(=O)N(C)c2cc(CN(CCn3ccc4oc(C)cc4c3=O)CCn3ccc4oc(C)cc4c3=O)ccc21. The molecule has 2 amide bonds. The van der Waals surface area contributed by atoms with Crippen LogP contribution in [-0.2, 0) is 29.2 Å². The van der Waals surface area contributed by atoms with Crippen molar-refractivity contribution in [2.24, 2.45) is 5.41 Å². The van der Waals surface area contributed by atoms with E-state index >= 15 is 0 Å². The summed E-state index contributed by atoms with van der Waals surface area (Å²) < 4.78 is 14.6. The summed E-state index contributed by atoms with van der Waals surface area (Å²) in [5, 5.41) is 1.08. The lowest BCUT2D eigenvalue weighted by Crippen LogP contribution is -2.47. The minimum absolute atomic E-state index is 0.122. The van der Waals surface area contributed by atoms with E-state index in [0.29, 0.717) is 84.1 Å². The number of aryl methyl sites for hydroxylation is 2. The molecule has 0 spiro atoms. The third-order valence-corrected chi connectivity index (χ3v) is 8.91. The Labute approximate surface area is 266 Å². The summed E-state index contributed by atoms with van der Waals surface area (Å²) in [5.41, 5.74) is 1.97. The Kier molecular flexibility index (Phi) is 7.97. The number of benzene rings is 1. The highest BCUT2D eigenvalue weighted by Gasteiger charge is 2.45. The van der Waals surface area contributed by atoms with Gasteiger partial charge in [0.15, 0.2) is 0 Å². The molecule has 0 atom stereocenters. The number of carbonyl (C=O) groups excluding carboxylic acids is 2. The second kappa shape index (κ2) is 11.8. The van der Waals surface area contributed by atoms with Crippen LogP contribution in [0.3, 0.4) is 0 Å². The molecule has 1 aliphatic heterocycles. The van der Waals surface area contributed by atoms with E-state index in [2.05, 4.69) is 4.90 Å². The van der Waals surface area contributed by atoms with Crippen LogP contribution in [0.25, 0.3) is 21.9 Å².